The van der Waals surface area contributed by atoms with Crippen LogP contribution in [0.3, 0.4) is 0 Å². The largest absolute Gasteiger partial charge is 0.494 e. The third-order valence-corrected chi connectivity index (χ3v) is 3.92. The summed E-state index contributed by atoms with van der Waals surface area (Å²) >= 11 is 0. The lowest BCUT2D eigenvalue weighted by atomic mass is 10.1. The molecule has 1 aromatic rings. The van der Waals surface area contributed by atoms with Gasteiger partial charge in [0, 0.05) is 0 Å². The Balaban J connectivity index is 0.00000326. The molecule has 0 fully saturated rings. The van der Waals surface area contributed by atoms with Crippen LogP contribution in [0.1, 0.15) is 73.6 Å². The lowest BCUT2D eigenvalue weighted by molar-refractivity contribution is 0.304. The van der Waals surface area contributed by atoms with Gasteiger partial charge in [-0.05, 0) is 63.1 Å². The van der Waals surface area contributed by atoms with E-state index in [2.05, 4.69) is 23.7 Å². The number of hydrogen-bond acceptors (Lipinski definition) is 3. The van der Waals surface area contributed by atoms with Crippen LogP contribution in [0.15, 0.2) is 70.1 Å². The van der Waals surface area contributed by atoms with E-state index in [-0.39, 0.29) is 0 Å². The molecule has 0 bridgehead atoms. The predicted octanol–water partition coefficient (Wildman–Crippen LogP) is 8.57. The maximum atomic E-state index is 5.75. The number of rotatable bonds is 11. The Labute approximate surface area is 166 Å². The molecule has 0 unspecified atom stereocenters. The van der Waals surface area contributed by atoms with Gasteiger partial charge in [-0.1, -0.05) is 64.7 Å². The van der Waals surface area contributed by atoms with Gasteiger partial charge in [0.05, 0.1) is 18.0 Å². The van der Waals surface area contributed by atoms with Gasteiger partial charge in [-0.2, -0.15) is 10.2 Å². The third kappa shape index (κ3) is 12.8. The van der Waals surface area contributed by atoms with Crippen molar-refractivity contribution in [3.63, 3.8) is 0 Å². The van der Waals surface area contributed by atoms with Crippen molar-refractivity contribution in [2.45, 2.75) is 73.6 Å². The normalized spacial score (nSPS) is 11.9. The SMILES string of the molecule is C=C(C)/C(C)=C/C=C(\C)N=Nc1ccc(OCCCCCCC)cc1.CC. The van der Waals surface area contributed by atoms with Crippen molar-refractivity contribution in [3.05, 3.63) is 59.8 Å². The molecule has 1 aromatic carbocycles. The summed E-state index contributed by atoms with van der Waals surface area (Å²) in [6, 6.07) is 7.76. The summed E-state index contributed by atoms with van der Waals surface area (Å²) in [4.78, 5) is 0. The molecule has 1 rings (SSSR count). The summed E-state index contributed by atoms with van der Waals surface area (Å²) in [5, 5.41) is 8.48. The van der Waals surface area contributed by atoms with E-state index in [0.717, 1.165) is 41.3 Å². The standard InChI is InChI=1S/C22H32N2O.C2H6/c1-6-7-8-9-10-17-25-22-15-13-21(14-16-22)24-23-20(5)12-11-19(4)18(2)3;1-2/h11-16H,2,6-10,17H2,1,3-5H3;1-2H3/b19-11+,20-12+,24-23?;. The van der Waals surface area contributed by atoms with Crippen LogP contribution in [0.5, 0.6) is 5.75 Å². The van der Waals surface area contributed by atoms with Gasteiger partial charge >= 0.3 is 0 Å². The van der Waals surface area contributed by atoms with Gasteiger partial charge in [0.25, 0.3) is 0 Å². The first-order chi connectivity index (χ1) is 13.0. The Hall–Kier alpha value is -2.16. The summed E-state index contributed by atoms with van der Waals surface area (Å²) in [6.45, 7) is 16.9. The van der Waals surface area contributed by atoms with E-state index in [1.807, 2.05) is 71.0 Å². The van der Waals surface area contributed by atoms with E-state index in [1.165, 1.54) is 25.7 Å². The number of hydrogen-bond donors (Lipinski definition) is 0. The fourth-order valence-corrected chi connectivity index (χ4v) is 2.06. The molecule has 0 radical (unpaired) electrons. The minimum Gasteiger partial charge on any atom is -0.494 e. The first kappa shape index (κ1) is 24.8. The molecule has 0 aromatic heterocycles. The molecule has 0 N–H and O–H groups in total. The zero-order valence-electron chi connectivity index (χ0n) is 18.2. The van der Waals surface area contributed by atoms with E-state index in [9.17, 15) is 0 Å². The van der Waals surface area contributed by atoms with E-state index in [4.69, 9.17) is 4.74 Å². The van der Waals surface area contributed by atoms with Crippen molar-refractivity contribution in [2.75, 3.05) is 6.61 Å². The number of allylic oxidation sites excluding steroid dienone is 5. The lowest BCUT2D eigenvalue weighted by Crippen LogP contribution is -1.96. The van der Waals surface area contributed by atoms with Gasteiger partial charge in [0.1, 0.15) is 5.75 Å². The highest BCUT2D eigenvalue weighted by Crippen LogP contribution is 2.19. The van der Waals surface area contributed by atoms with Gasteiger partial charge in [-0.3, -0.25) is 0 Å². The fraction of sp³-hybridized carbons (Fsp3) is 0.500. The summed E-state index contributed by atoms with van der Waals surface area (Å²) in [7, 11) is 0. The summed E-state index contributed by atoms with van der Waals surface area (Å²) in [5.41, 5.74) is 3.88. The Morgan fingerprint density at radius 2 is 1.59 bits per heavy atom. The lowest BCUT2D eigenvalue weighted by Gasteiger charge is -2.05. The van der Waals surface area contributed by atoms with Crippen molar-refractivity contribution in [3.8, 4) is 5.75 Å². The Morgan fingerprint density at radius 1 is 0.963 bits per heavy atom. The minimum absolute atomic E-state index is 0.779. The number of benzene rings is 1. The average molecular weight is 371 g/mol. The van der Waals surface area contributed by atoms with E-state index < -0.39 is 0 Å². The Kier molecular flexibility index (Phi) is 14.8. The van der Waals surface area contributed by atoms with Crippen molar-refractivity contribution >= 4 is 5.69 Å². The van der Waals surface area contributed by atoms with Crippen molar-refractivity contribution < 1.29 is 4.74 Å². The van der Waals surface area contributed by atoms with Crippen LogP contribution in [0.2, 0.25) is 0 Å². The molecule has 0 spiro atoms. The maximum Gasteiger partial charge on any atom is 0.119 e. The zero-order chi connectivity index (χ0) is 20.5. The molecule has 0 saturated carbocycles. The molecule has 3 heteroatoms. The van der Waals surface area contributed by atoms with Gasteiger partial charge < -0.3 is 4.74 Å². The van der Waals surface area contributed by atoms with Crippen LogP contribution in [-0.2, 0) is 0 Å². The van der Waals surface area contributed by atoms with Crippen LogP contribution in [0.25, 0.3) is 0 Å². The molecule has 0 aliphatic carbocycles. The molecule has 150 valence electrons. The molecule has 0 saturated heterocycles. The number of azo groups is 1. The molecule has 0 aliphatic rings. The monoisotopic (exact) mass is 370 g/mol. The van der Waals surface area contributed by atoms with Gasteiger partial charge in [-0.25, -0.2) is 0 Å². The van der Waals surface area contributed by atoms with Crippen LogP contribution >= 0.6 is 0 Å². The minimum atomic E-state index is 0.779. The third-order valence-electron chi connectivity index (χ3n) is 3.92. The fourth-order valence-electron chi connectivity index (χ4n) is 2.06. The molecule has 0 heterocycles. The smallest absolute Gasteiger partial charge is 0.119 e. The molecule has 0 amide bonds. The highest BCUT2D eigenvalue weighted by molar-refractivity contribution is 5.40. The van der Waals surface area contributed by atoms with Gasteiger partial charge in [0.2, 0.25) is 0 Å². The average Bonchev–Trinajstić information content (AvgIpc) is 2.69. The van der Waals surface area contributed by atoms with Crippen LogP contribution in [0.4, 0.5) is 5.69 Å². The summed E-state index contributed by atoms with van der Waals surface area (Å²) in [5.74, 6) is 0.890. The van der Waals surface area contributed by atoms with E-state index in [0.29, 0.717) is 0 Å². The Bertz CT molecular complexity index is 610. The van der Waals surface area contributed by atoms with Crippen LogP contribution in [0, 0.1) is 0 Å². The maximum absolute atomic E-state index is 5.75. The van der Waals surface area contributed by atoms with E-state index >= 15 is 0 Å². The quantitative estimate of drug-likeness (QED) is 0.218. The van der Waals surface area contributed by atoms with Gasteiger partial charge in [0.15, 0.2) is 0 Å². The number of unbranched alkanes of at least 4 members (excludes halogenated alkanes) is 4. The van der Waals surface area contributed by atoms with E-state index in [1.54, 1.807) is 0 Å². The van der Waals surface area contributed by atoms with Crippen molar-refractivity contribution in [1.29, 1.82) is 0 Å². The highest BCUT2D eigenvalue weighted by atomic mass is 16.5. The second-order valence-corrected chi connectivity index (χ2v) is 6.39. The number of nitrogens with zero attached hydrogens (tertiary/aromatic N) is 2. The second kappa shape index (κ2) is 16.0. The summed E-state index contributed by atoms with van der Waals surface area (Å²) in [6.07, 6.45) is 10.2. The molecule has 0 atom stereocenters. The first-order valence-electron chi connectivity index (χ1n) is 10.2. The van der Waals surface area contributed by atoms with Crippen LogP contribution in [-0.4, -0.2) is 6.61 Å². The topological polar surface area (TPSA) is 34.0 Å². The van der Waals surface area contributed by atoms with Crippen molar-refractivity contribution in [2.24, 2.45) is 10.2 Å². The number of ether oxygens (including phenoxy) is 1. The van der Waals surface area contributed by atoms with Crippen molar-refractivity contribution in [1.82, 2.24) is 0 Å². The highest BCUT2D eigenvalue weighted by Gasteiger charge is 1.96. The molecule has 0 aliphatic heterocycles. The van der Waals surface area contributed by atoms with Crippen LogP contribution < -0.4 is 4.74 Å². The molecular weight excluding hydrogens is 332 g/mol. The first-order valence-corrected chi connectivity index (χ1v) is 10.2. The second-order valence-electron chi connectivity index (χ2n) is 6.39. The molecular formula is C24H38N2O. The Morgan fingerprint density at radius 3 is 2.19 bits per heavy atom. The summed E-state index contributed by atoms with van der Waals surface area (Å²) < 4.78 is 5.75. The molecule has 3 nitrogen and oxygen atoms in total. The zero-order valence-corrected chi connectivity index (χ0v) is 18.2. The van der Waals surface area contributed by atoms with Gasteiger partial charge in [-0.15, -0.1) is 0 Å². The molecule has 27 heavy (non-hydrogen) atoms. The predicted molar refractivity (Wildman–Crippen MR) is 119 cm³/mol.